The number of hydrogen-bond acceptors (Lipinski definition) is 4. The van der Waals surface area contributed by atoms with Crippen LogP contribution in [0.5, 0.6) is 0 Å². The van der Waals surface area contributed by atoms with Gasteiger partial charge in [0.25, 0.3) is 0 Å². The Morgan fingerprint density at radius 3 is 2.78 bits per heavy atom. The third kappa shape index (κ3) is 4.31. The molecule has 0 aliphatic rings. The van der Waals surface area contributed by atoms with E-state index >= 15 is 0 Å². The van der Waals surface area contributed by atoms with Gasteiger partial charge in [-0.3, -0.25) is 0 Å². The van der Waals surface area contributed by atoms with Crippen molar-refractivity contribution in [3.05, 3.63) is 27.7 Å². The van der Waals surface area contributed by atoms with Crippen LogP contribution in [0.1, 0.15) is 29.3 Å². The minimum atomic E-state index is -0.350. The van der Waals surface area contributed by atoms with Crippen molar-refractivity contribution in [2.24, 2.45) is 0 Å². The number of carbonyl (C=O) groups is 1. The van der Waals surface area contributed by atoms with E-state index in [2.05, 4.69) is 15.9 Å². The number of anilines is 1. The molecule has 0 bridgehead atoms. The number of carbonyl (C=O) groups excluding carboxylic acids is 1. The van der Waals surface area contributed by atoms with Gasteiger partial charge in [0.2, 0.25) is 0 Å². The lowest BCUT2D eigenvalue weighted by Gasteiger charge is -2.09. The van der Waals surface area contributed by atoms with Gasteiger partial charge in [-0.2, -0.15) is 0 Å². The molecule has 4 nitrogen and oxygen atoms in total. The van der Waals surface area contributed by atoms with E-state index in [0.29, 0.717) is 37.5 Å². The molecule has 1 rings (SSSR count). The summed E-state index contributed by atoms with van der Waals surface area (Å²) in [6, 6.07) is 3.48. The fourth-order valence-electron chi connectivity index (χ4n) is 1.46. The lowest BCUT2D eigenvalue weighted by molar-refractivity contribution is 0.0451. The van der Waals surface area contributed by atoms with Crippen LogP contribution in [0.15, 0.2) is 16.6 Å². The minimum Gasteiger partial charge on any atom is -0.462 e. The highest BCUT2D eigenvalue weighted by atomic mass is 79.9. The number of nitrogen functional groups attached to an aromatic ring is 1. The zero-order valence-electron chi connectivity index (χ0n) is 10.7. The number of nitrogens with two attached hydrogens (primary N) is 1. The quantitative estimate of drug-likeness (QED) is 0.498. The number of halogens is 1. The lowest BCUT2D eigenvalue weighted by Crippen LogP contribution is -2.11. The van der Waals surface area contributed by atoms with Crippen LogP contribution in [0.3, 0.4) is 0 Å². The summed E-state index contributed by atoms with van der Waals surface area (Å²) in [7, 11) is 0. The first-order valence-corrected chi connectivity index (χ1v) is 6.66. The number of hydrogen-bond donors (Lipinski definition) is 1. The van der Waals surface area contributed by atoms with Gasteiger partial charge in [0.1, 0.15) is 0 Å². The third-order valence-corrected chi connectivity index (χ3v) is 2.96. The number of benzene rings is 1. The fraction of sp³-hybridized carbons (Fsp3) is 0.462. The van der Waals surface area contributed by atoms with E-state index in [1.165, 1.54) is 0 Å². The topological polar surface area (TPSA) is 61.5 Å². The van der Waals surface area contributed by atoms with Gasteiger partial charge >= 0.3 is 5.97 Å². The van der Waals surface area contributed by atoms with E-state index in [1.807, 2.05) is 6.92 Å². The third-order valence-electron chi connectivity index (χ3n) is 2.50. The molecule has 0 aliphatic heterocycles. The van der Waals surface area contributed by atoms with Gasteiger partial charge in [0, 0.05) is 29.8 Å². The van der Waals surface area contributed by atoms with E-state index in [1.54, 1.807) is 19.1 Å². The number of ether oxygens (including phenoxy) is 2. The first-order chi connectivity index (χ1) is 8.56. The Kier molecular flexibility index (Phi) is 6.15. The molecule has 0 atom stereocenters. The van der Waals surface area contributed by atoms with Crippen molar-refractivity contribution < 1.29 is 14.3 Å². The predicted molar refractivity (Wildman–Crippen MR) is 74.7 cm³/mol. The molecule has 5 heteroatoms. The molecule has 0 saturated heterocycles. The molecule has 0 spiro atoms. The van der Waals surface area contributed by atoms with Crippen LogP contribution >= 0.6 is 15.9 Å². The highest BCUT2D eigenvalue weighted by molar-refractivity contribution is 9.10. The number of rotatable bonds is 6. The van der Waals surface area contributed by atoms with Crippen LogP contribution in [-0.4, -0.2) is 25.8 Å². The first-order valence-electron chi connectivity index (χ1n) is 5.86. The summed E-state index contributed by atoms with van der Waals surface area (Å²) in [6.07, 6.45) is 0.697. The van der Waals surface area contributed by atoms with Crippen LogP contribution in [0.2, 0.25) is 0 Å². The standard InChI is InChI=1S/C13H18BrNO3/c1-3-17-5-4-6-18-13(16)11-7-10(14)8-12(15)9(11)2/h7-8H,3-6,15H2,1-2H3. The largest absolute Gasteiger partial charge is 0.462 e. The average molecular weight is 316 g/mol. The molecule has 0 fully saturated rings. The molecule has 0 amide bonds. The second-order valence-electron chi connectivity index (χ2n) is 3.85. The average Bonchev–Trinajstić information content (AvgIpc) is 2.33. The van der Waals surface area contributed by atoms with Gasteiger partial charge in [-0.25, -0.2) is 4.79 Å². The molecule has 18 heavy (non-hydrogen) atoms. The predicted octanol–water partition coefficient (Wildman–Crippen LogP) is 2.92. The smallest absolute Gasteiger partial charge is 0.338 e. The van der Waals surface area contributed by atoms with Crippen LogP contribution < -0.4 is 5.73 Å². The molecule has 0 aromatic heterocycles. The van der Waals surface area contributed by atoms with E-state index in [4.69, 9.17) is 15.2 Å². The lowest BCUT2D eigenvalue weighted by atomic mass is 10.1. The van der Waals surface area contributed by atoms with Gasteiger partial charge in [-0.1, -0.05) is 15.9 Å². The van der Waals surface area contributed by atoms with E-state index in [9.17, 15) is 4.79 Å². The molecule has 0 heterocycles. The van der Waals surface area contributed by atoms with Crippen molar-refractivity contribution in [1.82, 2.24) is 0 Å². The summed E-state index contributed by atoms with van der Waals surface area (Å²) in [5.74, 6) is -0.350. The molecule has 0 unspecified atom stereocenters. The molecule has 100 valence electrons. The molecule has 0 radical (unpaired) electrons. The zero-order chi connectivity index (χ0) is 13.5. The van der Waals surface area contributed by atoms with Gasteiger partial charge in [-0.15, -0.1) is 0 Å². The molecule has 2 N–H and O–H groups in total. The van der Waals surface area contributed by atoms with Crippen LogP contribution in [0.25, 0.3) is 0 Å². The van der Waals surface area contributed by atoms with Crippen molar-refractivity contribution >= 4 is 27.6 Å². The van der Waals surface area contributed by atoms with Crippen LogP contribution in [0.4, 0.5) is 5.69 Å². The van der Waals surface area contributed by atoms with Crippen molar-refractivity contribution in [2.45, 2.75) is 20.3 Å². The maximum atomic E-state index is 11.9. The van der Waals surface area contributed by atoms with Crippen molar-refractivity contribution in [1.29, 1.82) is 0 Å². The Morgan fingerprint density at radius 1 is 1.39 bits per heavy atom. The van der Waals surface area contributed by atoms with E-state index in [0.717, 1.165) is 10.0 Å². The van der Waals surface area contributed by atoms with Gasteiger partial charge < -0.3 is 15.2 Å². The van der Waals surface area contributed by atoms with Gasteiger partial charge in [-0.05, 0) is 31.5 Å². The summed E-state index contributed by atoms with van der Waals surface area (Å²) in [5, 5.41) is 0. The fourth-order valence-corrected chi connectivity index (χ4v) is 1.94. The maximum Gasteiger partial charge on any atom is 0.338 e. The first kappa shape index (κ1) is 15.0. The summed E-state index contributed by atoms with van der Waals surface area (Å²) >= 11 is 3.31. The Labute approximate surface area is 116 Å². The Bertz CT molecular complexity index is 421. The normalized spacial score (nSPS) is 10.4. The monoisotopic (exact) mass is 315 g/mol. The molecule has 1 aromatic rings. The van der Waals surface area contributed by atoms with Crippen LogP contribution in [-0.2, 0) is 9.47 Å². The van der Waals surface area contributed by atoms with Gasteiger partial charge in [0.15, 0.2) is 0 Å². The second-order valence-corrected chi connectivity index (χ2v) is 4.77. The second kappa shape index (κ2) is 7.38. The molecular weight excluding hydrogens is 298 g/mol. The van der Waals surface area contributed by atoms with Crippen molar-refractivity contribution in [3.8, 4) is 0 Å². The van der Waals surface area contributed by atoms with E-state index < -0.39 is 0 Å². The summed E-state index contributed by atoms with van der Waals surface area (Å²) in [6.45, 7) is 5.36. The van der Waals surface area contributed by atoms with Crippen molar-refractivity contribution in [2.75, 3.05) is 25.6 Å². The van der Waals surface area contributed by atoms with Crippen molar-refractivity contribution in [3.63, 3.8) is 0 Å². The molecule has 0 saturated carbocycles. The van der Waals surface area contributed by atoms with Gasteiger partial charge in [0.05, 0.1) is 12.2 Å². The summed E-state index contributed by atoms with van der Waals surface area (Å²) < 4.78 is 11.1. The summed E-state index contributed by atoms with van der Waals surface area (Å²) in [5.41, 5.74) is 7.61. The van der Waals surface area contributed by atoms with Crippen LogP contribution in [0, 0.1) is 6.92 Å². The van der Waals surface area contributed by atoms with E-state index in [-0.39, 0.29) is 5.97 Å². The SMILES string of the molecule is CCOCCCOC(=O)c1cc(Br)cc(N)c1C. The summed E-state index contributed by atoms with van der Waals surface area (Å²) in [4.78, 5) is 11.9. The Morgan fingerprint density at radius 2 is 2.11 bits per heavy atom. The highest BCUT2D eigenvalue weighted by Gasteiger charge is 2.13. The Balaban J connectivity index is 2.56. The molecular formula is C13H18BrNO3. The molecule has 1 aromatic carbocycles. The maximum absolute atomic E-state index is 11.9. The number of esters is 1. The zero-order valence-corrected chi connectivity index (χ0v) is 12.2. The Hall–Kier alpha value is -1.07. The highest BCUT2D eigenvalue weighted by Crippen LogP contribution is 2.23. The minimum absolute atomic E-state index is 0.350. The molecule has 0 aliphatic carbocycles.